The molecular formula is C20H26N2O3S. The monoisotopic (exact) mass is 374 g/mol. The van der Waals surface area contributed by atoms with Crippen LogP contribution in [0.25, 0.3) is 6.08 Å². The quantitative estimate of drug-likeness (QED) is 0.803. The van der Waals surface area contributed by atoms with Crippen molar-refractivity contribution >= 4 is 23.7 Å². The van der Waals surface area contributed by atoms with Gasteiger partial charge < -0.3 is 19.7 Å². The van der Waals surface area contributed by atoms with Crippen molar-refractivity contribution < 1.29 is 14.3 Å². The summed E-state index contributed by atoms with van der Waals surface area (Å²) < 4.78 is 10.8. The van der Waals surface area contributed by atoms with Crippen LogP contribution >= 0.6 is 11.8 Å². The maximum atomic E-state index is 13.0. The lowest BCUT2D eigenvalue weighted by Crippen LogP contribution is -2.50. The van der Waals surface area contributed by atoms with Crippen molar-refractivity contribution in [2.75, 3.05) is 32.2 Å². The van der Waals surface area contributed by atoms with Crippen LogP contribution in [0.2, 0.25) is 0 Å². The maximum Gasteiger partial charge on any atom is 0.246 e. The highest BCUT2D eigenvalue weighted by Crippen LogP contribution is 2.33. The van der Waals surface area contributed by atoms with Crippen LogP contribution in [0.5, 0.6) is 11.5 Å². The number of rotatable bonds is 5. The van der Waals surface area contributed by atoms with Crippen molar-refractivity contribution in [2.45, 2.75) is 37.0 Å². The number of fused-ring (bicyclic) bond motifs is 1. The van der Waals surface area contributed by atoms with E-state index in [1.54, 1.807) is 6.08 Å². The first kappa shape index (κ1) is 17.7. The SMILES string of the molecule is O=C(/C=C/c1ccc2c(c1)OCO2)N(CC1CCCS1)C1CCCNC1. The molecule has 1 aromatic rings. The summed E-state index contributed by atoms with van der Waals surface area (Å²) in [4.78, 5) is 15.1. The van der Waals surface area contributed by atoms with E-state index >= 15 is 0 Å². The second kappa shape index (κ2) is 8.35. The third-order valence-corrected chi connectivity index (χ3v) is 6.61. The Bertz CT molecular complexity index is 667. The number of nitrogens with zero attached hydrogens (tertiary/aromatic N) is 1. The van der Waals surface area contributed by atoms with Gasteiger partial charge in [0.25, 0.3) is 0 Å². The molecule has 0 aromatic heterocycles. The van der Waals surface area contributed by atoms with Crippen molar-refractivity contribution in [3.05, 3.63) is 29.8 Å². The molecule has 5 nitrogen and oxygen atoms in total. The molecule has 2 fully saturated rings. The van der Waals surface area contributed by atoms with Crippen LogP contribution in [0.15, 0.2) is 24.3 Å². The van der Waals surface area contributed by atoms with Gasteiger partial charge in [0.2, 0.25) is 12.7 Å². The molecular weight excluding hydrogens is 348 g/mol. The van der Waals surface area contributed by atoms with Crippen LogP contribution in [-0.2, 0) is 4.79 Å². The molecule has 2 saturated heterocycles. The first-order valence-corrected chi connectivity index (χ1v) is 10.5. The van der Waals surface area contributed by atoms with Gasteiger partial charge in [-0.05, 0) is 61.8 Å². The van der Waals surface area contributed by atoms with E-state index in [2.05, 4.69) is 10.2 Å². The largest absolute Gasteiger partial charge is 0.454 e. The molecule has 0 aliphatic carbocycles. The summed E-state index contributed by atoms with van der Waals surface area (Å²) >= 11 is 2.01. The third-order valence-electron chi connectivity index (χ3n) is 5.23. The van der Waals surface area contributed by atoms with E-state index in [1.165, 1.54) is 18.6 Å². The molecule has 2 atom stereocenters. The van der Waals surface area contributed by atoms with Gasteiger partial charge in [-0.15, -0.1) is 0 Å². The summed E-state index contributed by atoms with van der Waals surface area (Å²) in [5, 5.41) is 4.03. The molecule has 4 rings (SSSR count). The van der Waals surface area contributed by atoms with E-state index in [1.807, 2.05) is 36.0 Å². The molecule has 1 N–H and O–H groups in total. The Morgan fingerprint density at radius 3 is 3.00 bits per heavy atom. The molecule has 26 heavy (non-hydrogen) atoms. The lowest BCUT2D eigenvalue weighted by atomic mass is 10.0. The molecule has 6 heteroatoms. The summed E-state index contributed by atoms with van der Waals surface area (Å²) in [6.07, 6.45) is 8.32. The molecule has 1 amide bonds. The summed E-state index contributed by atoms with van der Waals surface area (Å²) in [7, 11) is 0. The summed E-state index contributed by atoms with van der Waals surface area (Å²) in [6, 6.07) is 6.07. The minimum absolute atomic E-state index is 0.115. The van der Waals surface area contributed by atoms with E-state index < -0.39 is 0 Å². The molecule has 0 saturated carbocycles. The van der Waals surface area contributed by atoms with Crippen LogP contribution in [0, 0.1) is 0 Å². The second-order valence-corrected chi connectivity index (χ2v) is 8.48. The van der Waals surface area contributed by atoms with Crippen molar-refractivity contribution in [1.29, 1.82) is 0 Å². The Morgan fingerprint density at radius 1 is 1.27 bits per heavy atom. The fourth-order valence-corrected chi connectivity index (χ4v) is 5.07. The topological polar surface area (TPSA) is 50.8 Å². The molecule has 2 unspecified atom stereocenters. The lowest BCUT2D eigenvalue weighted by molar-refractivity contribution is -0.128. The van der Waals surface area contributed by atoms with Crippen molar-refractivity contribution in [3.63, 3.8) is 0 Å². The zero-order valence-corrected chi connectivity index (χ0v) is 15.8. The van der Waals surface area contributed by atoms with Crippen molar-refractivity contribution in [2.24, 2.45) is 0 Å². The minimum atomic E-state index is 0.115. The van der Waals surface area contributed by atoms with E-state index in [0.29, 0.717) is 11.3 Å². The number of hydrogen-bond acceptors (Lipinski definition) is 5. The van der Waals surface area contributed by atoms with Gasteiger partial charge in [0.1, 0.15) is 0 Å². The van der Waals surface area contributed by atoms with Gasteiger partial charge in [-0.3, -0.25) is 4.79 Å². The van der Waals surface area contributed by atoms with Crippen LogP contribution in [0.1, 0.15) is 31.2 Å². The first-order valence-electron chi connectivity index (χ1n) is 9.50. The van der Waals surface area contributed by atoms with Crippen LogP contribution < -0.4 is 14.8 Å². The van der Waals surface area contributed by atoms with Gasteiger partial charge in [-0.2, -0.15) is 11.8 Å². The lowest BCUT2D eigenvalue weighted by Gasteiger charge is -2.35. The third kappa shape index (κ3) is 4.18. The van der Waals surface area contributed by atoms with E-state index in [0.717, 1.165) is 49.5 Å². The number of piperidine rings is 1. The van der Waals surface area contributed by atoms with Crippen LogP contribution in [-0.4, -0.2) is 54.3 Å². The number of carbonyl (C=O) groups is 1. The minimum Gasteiger partial charge on any atom is -0.454 e. The standard InChI is InChI=1S/C20H26N2O3S/c23-20(8-6-15-5-7-18-19(11-15)25-14-24-18)22(13-17-4-2-10-26-17)16-3-1-9-21-12-16/h5-8,11,16-17,21H,1-4,9-10,12-14H2/b8-6+. The van der Waals surface area contributed by atoms with Gasteiger partial charge in [-0.1, -0.05) is 6.07 Å². The molecule has 3 heterocycles. The molecule has 0 radical (unpaired) electrons. The smallest absolute Gasteiger partial charge is 0.246 e. The number of ether oxygens (including phenoxy) is 2. The normalized spacial score (nSPS) is 24.9. The van der Waals surface area contributed by atoms with Gasteiger partial charge in [-0.25, -0.2) is 0 Å². The van der Waals surface area contributed by atoms with Crippen molar-refractivity contribution in [1.82, 2.24) is 10.2 Å². The van der Waals surface area contributed by atoms with Crippen LogP contribution in [0.4, 0.5) is 0 Å². The van der Waals surface area contributed by atoms with E-state index in [9.17, 15) is 4.79 Å². The number of carbonyl (C=O) groups excluding carboxylic acids is 1. The van der Waals surface area contributed by atoms with Gasteiger partial charge in [0, 0.05) is 30.5 Å². The summed E-state index contributed by atoms with van der Waals surface area (Å²) in [5.41, 5.74) is 0.958. The Hall–Kier alpha value is -1.66. The number of thioether (sulfide) groups is 1. The molecule has 3 aliphatic heterocycles. The highest BCUT2D eigenvalue weighted by atomic mass is 32.2. The molecule has 1 aromatic carbocycles. The Kier molecular flexibility index (Phi) is 5.70. The average Bonchev–Trinajstić information content (AvgIpc) is 3.36. The van der Waals surface area contributed by atoms with E-state index in [4.69, 9.17) is 9.47 Å². The van der Waals surface area contributed by atoms with Gasteiger partial charge in [0.05, 0.1) is 0 Å². The molecule has 0 bridgehead atoms. The Labute approximate surface area is 159 Å². The maximum absolute atomic E-state index is 13.0. The Morgan fingerprint density at radius 2 is 2.19 bits per heavy atom. The summed E-state index contributed by atoms with van der Waals surface area (Å²) in [6.45, 7) is 3.09. The summed E-state index contributed by atoms with van der Waals surface area (Å²) in [5.74, 6) is 2.85. The fourth-order valence-electron chi connectivity index (χ4n) is 3.81. The predicted octanol–water partition coefficient (Wildman–Crippen LogP) is 2.90. The zero-order chi connectivity index (χ0) is 17.8. The molecule has 3 aliphatic rings. The van der Waals surface area contributed by atoms with Gasteiger partial charge in [0.15, 0.2) is 11.5 Å². The zero-order valence-electron chi connectivity index (χ0n) is 15.0. The Balaban J connectivity index is 1.45. The van der Waals surface area contributed by atoms with Gasteiger partial charge >= 0.3 is 0 Å². The van der Waals surface area contributed by atoms with Crippen LogP contribution in [0.3, 0.4) is 0 Å². The molecule has 0 spiro atoms. The highest BCUT2D eigenvalue weighted by Gasteiger charge is 2.28. The molecule has 140 valence electrons. The number of amides is 1. The predicted molar refractivity (Wildman–Crippen MR) is 105 cm³/mol. The highest BCUT2D eigenvalue weighted by molar-refractivity contribution is 8.00. The number of nitrogens with one attached hydrogen (secondary N) is 1. The van der Waals surface area contributed by atoms with Crippen molar-refractivity contribution in [3.8, 4) is 11.5 Å². The fraction of sp³-hybridized carbons (Fsp3) is 0.550. The first-order chi connectivity index (χ1) is 12.8. The second-order valence-electron chi connectivity index (χ2n) is 7.07. The number of benzene rings is 1. The number of hydrogen-bond donors (Lipinski definition) is 1. The average molecular weight is 375 g/mol. The van der Waals surface area contributed by atoms with E-state index in [-0.39, 0.29) is 12.7 Å².